The van der Waals surface area contributed by atoms with Gasteiger partial charge in [-0.3, -0.25) is 0 Å². The molecule has 4 rings (SSSR count). The van der Waals surface area contributed by atoms with Gasteiger partial charge in [0.2, 0.25) is 10.0 Å². The molecular weight excluding hydrogens is 210 g/mol. The maximum Gasteiger partial charge on any atom is 0.212 e. The van der Waals surface area contributed by atoms with Gasteiger partial charge in [-0.25, -0.2) is 13.1 Å². The molecule has 4 aliphatic rings. The Balaban J connectivity index is 2.02. The summed E-state index contributed by atoms with van der Waals surface area (Å²) in [6.45, 7) is 4.61. The summed E-state index contributed by atoms with van der Waals surface area (Å²) < 4.78 is 26.2. The molecule has 3 unspecified atom stereocenters. The van der Waals surface area contributed by atoms with Crippen molar-refractivity contribution in [2.75, 3.05) is 5.75 Å². The van der Waals surface area contributed by atoms with E-state index in [1.54, 1.807) is 0 Å². The van der Waals surface area contributed by atoms with Gasteiger partial charge in [0, 0.05) is 11.5 Å². The van der Waals surface area contributed by atoms with Crippen molar-refractivity contribution in [3.8, 4) is 0 Å². The molecule has 1 spiro atoms. The highest BCUT2D eigenvalue weighted by molar-refractivity contribution is 7.89. The smallest absolute Gasteiger partial charge is 0.212 e. The van der Waals surface area contributed by atoms with Crippen molar-refractivity contribution in [3.63, 3.8) is 0 Å². The van der Waals surface area contributed by atoms with Gasteiger partial charge in [0.15, 0.2) is 0 Å². The fraction of sp³-hybridized carbons (Fsp3) is 1.00. The molecule has 15 heavy (non-hydrogen) atoms. The van der Waals surface area contributed by atoms with E-state index in [1.807, 2.05) is 0 Å². The van der Waals surface area contributed by atoms with Gasteiger partial charge in [0.05, 0.1) is 5.75 Å². The fourth-order valence-electron chi connectivity index (χ4n) is 4.30. The Morgan fingerprint density at radius 2 is 2.07 bits per heavy atom. The van der Waals surface area contributed by atoms with E-state index >= 15 is 0 Å². The van der Waals surface area contributed by atoms with E-state index in [0.717, 1.165) is 19.3 Å². The van der Waals surface area contributed by atoms with Crippen LogP contribution in [0.5, 0.6) is 0 Å². The molecule has 0 aromatic carbocycles. The SMILES string of the molecule is CC1(C)CC23CCC1CC2NS(=O)(=O)C3. The van der Waals surface area contributed by atoms with Crippen molar-refractivity contribution >= 4 is 10.0 Å². The first kappa shape index (κ1) is 10.1. The highest BCUT2D eigenvalue weighted by Crippen LogP contribution is 2.60. The summed E-state index contributed by atoms with van der Waals surface area (Å²) >= 11 is 0. The summed E-state index contributed by atoms with van der Waals surface area (Å²) in [5, 5.41) is 0. The minimum Gasteiger partial charge on any atom is -0.212 e. The summed E-state index contributed by atoms with van der Waals surface area (Å²) in [5.74, 6) is 1.09. The second-order valence-corrected chi connectivity index (χ2v) is 8.18. The molecule has 3 atom stereocenters. The topological polar surface area (TPSA) is 46.2 Å². The van der Waals surface area contributed by atoms with Crippen LogP contribution in [0, 0.1) is 16.7 Å². The van der Waals surface area contributed by atoms with Crippen LogP contribution in [0.25, 0.3) is 0 Å². The number of rotatable bonds is 0. The van der Waals surface area contributed by atoms with E-state index < -0.39 is 10.0 Å². The Hall–Kier alpha value is -0.0900. The molecule has 0 aromatic heterocycles. The van der Waals surface area contributed by atoms with Crippen molar-refractivity contribution in [3.05, 3.63) is 0 Å². The second-order valence-electron chi connectivity index (χ2n) is 6.43. The molecule has 3 nitrogen and oxygen atoms in total. The third-order valence-electron chi connectivity index (χ3n) is 4.96. The minimum absolute atomic E-state index is 0.0666. The van der Waals surface area contributed by atoms with Crippen molar-refractivity contribution in [1.29, 1.82) is 0 Å². The molecule has 3 aliphatic carbocycles. The number of fused-ring (bicyclic) bond motifs is 2. The molecule has 3 saturated carbocycles. The molecule has 2 bridgehead atoms. The molecule has 86 valence electrons. The number of hydrogen-bond donors (Lipinski definition) is 1. The molecule has 0 radical (unpaired) electrons. The zero-order chi connectivity index (χ0) is 10.9. The standard InChI is InChI=1S/C11H19NO2S/c1-10(2)6-11-4-3-8(10)5-9(11)12-15(13,14)7-11/h8-9,12H,3-7H2,1-2H3. The number of hydrogen-bond acceptors (Lipinski definition) is 2. The molecule has 0 aromatic rings. The molecule has 1 aliphatic heterocycles. The maximum absolute atomic E-state index is 11.7. The van der Waals surface area contributed by atoms with Crippen molar-refractivity contribution in [1.82, 2.24) is 4.72 Å². The van der Waals surface area contributed by atoms with Crippen LogP contribution < -0.4 is 4.72 Å². The van der Waals surface area contributed by atoms with Crippen molar-refractivity contribution in [2.45, 2.75) is 45.6 Å². The van der Waals surface area contributed by atoms with E-state index in [9.17, 15) is 8.42 Å². The predicted octanol–water partition coefficient (Wildman–Crippen LogP) is 1.50. The summed E-state index contributed by atoms with van der Waals surface area (Å²) in [5.41, 5.74) is 0.410. The van der Waals surface area contributed by atoms with E-state index in [4.69, 9.17) is 0 Å². The van der Waals surface area contributed by atoms with Crippen LogP contribution in [-0.4, -0.2) is 20.2 Å². The lowest BCUT2D eigenvalue weighted by Crippen LogP contribution is -2.54. The Morgan fingerprint density at radius 3 is 2.73 bits per heavy atom. The predicted molar refractivity (Wildman–Crippen MR) is 58.9 cm³/mol. The highest BCUT2D eigenvalue weighted by Gasteiger charge is 2.60. The van der Waals surface area contributed by atoms with E-state index in [-0.39, 0.29) is 11.5 Å². The highest BCUT2D eigenvalue weighted by atomic mass is 32.2. The van der Waals surface area contributed by atoms with Crippen LogP contribution in [0.1, 0.15) is 39.5 Å². The van der Waals surface area contributed by atoms with Gasteiger partial charge in [0.1, 0.15) is 0 Å². The quantitative estimate of drug-likeness (QED) is 0.684. The molecule has 1 N–H and O–H groups in total. The van der Waals surface area contributed by atoms with Crippen LogP contribution in [0.15, 0.2) is 0 Å². The minimum atomic E-state index is -2.97. The summed E-state index contributed by atoms with van der Waals surface area (Å²) in [7, 11) is -2.97. The van der Waals surface area contributed by atoms with E-state index in [0.29, 0.717) is 17.1 Å². The van der Waals surface area contributed by atoms with E-state index in [1.165, 1.54) is 6.42 Å². The summed E-state index contributed by atoms with van der Waals surface area (Å²) in [6.07, 6.45) is 4.48. The lowest BCUT2D eigenvalue weighted by atomic mass is 9.50. The molecular formula is C11H19NO2S. The second kappa shape index (κ2) is 2.59. The summed E-state index contributed by atoms with van der Waals surface area (Å²) in [6, 6.07) is 0.245. The van der Waals surface area contributed by atoms with Crippen LogP contribution in [-0.2, 0) is 10.0 Å². The molecule has 1 saturated heterocycles. The van der Waals surface area contributed by atoms with Gasteiger partial charge in [-0.15, -0.1) is 0 Å². The van der Waals surface area contributed by atoms with Crippen LogP contribution in [0.4, 0.5) is 0 Å². The van der Waals surface area contributed by atoms with Gasteiger partial charge < -0.3 is 0 Å². The summed E-state index contributed by atoms with van der Waals surface area (Å²) in [4.78, 5) is 0. The van der Waals surface area contributed by atoms with Gasteiger partial charge >= 0.3 is 0 Å². The van der Waals surface area contributed by atoms with Crippen LogP contribution in [0.3, 0.4) is 0 Å². The van der Waals surface area contributed by atoms with E-state index in [2.05, 4.69) is 18.6 Å². The first-order chi connectivity index (χ1) is 6.83. The van der Waals surface area contributed by atoms with Crippen LogP contribution >= 0.6 is 0 Å². The Bertz CT molecular complexity index is 401. The lowest BCUT2D eigenvalue weighted by molar-refractivity contribution is -0.0402. The molecule has 4 fully saturated rings. The monoisotopic (exact) mass is 229 g/mol. The maximum atomic E-state index is 11.7. The normalized spacial score (nSPS) is 50.3. The van der Waals surface area contributed by atoms with Crippen LogP contribution in [0.2, 0.25) is 0 Å². The Morgan fingerprint density at radius 1 is 1.33 bits per heavy atom. The Labute approximate surface area is 91.7 Å². The van der Waals surface area contributed by atoms with Gasteiger partial charge in [-0.1, -0.05) is 13.8 Å². The number of nitrogens with one attached hydrogen (secondary N) is 1. The average Bonchev–Trinajstić information content (AvgIpc) is 2.30. The molecule has 1 heterocycles. The molecule has 0 amide bonds. The number of sulfonamides is 1. The first-order valence-corrected chi connectivity index (χ1v) is 7.48. The Kier molecular flexibility index (Phi) is 1.74. The average molecular weight is 229 g/mol. The third kappa shape index (κ3) is 1.30. The van der Waals surface area contributed by atoms with Gasteiger partial charge in [0.25, 0.3) is 0 Å². The zero-order valence-corrected chi connectivity index (χ0v) is 10.2. The molecule has 4 heteroatoms. The third-order valence-corrected chi connectivity index (χ3v) is 6.56. The largest absolute Gasteiger partial charge is 0.212 e. The first-order valence-electron chi connectivity index (χ1n) is 5.83. The lowest BCUT2D eigenvalue weighted by Gasteiger charge is -2.56. The van der Waals surface area contributed by atoms with Gasteiger partial charge in [-0.05, 0) is 37.0 Å². The van der Waals surface area contributed by atoms with Gasteiger partial charge in [-0.2, -0.15) is 0 Å². The fourth-order valence-corrected chi connectivity index (χ4v) is 6.36. The van der Waals surface area contributed by atoms with Crippen molar-refractivity contribution < 1.29 is 8.42 Å². The van der Waals surface area contributed by atoms with Crippen molar-refractivity contribution in [2.24, 2.45) is 16.7 Å². The zero-order valence-electron chi connectivity index (χ0n) is 9.41.